The third-order valence-electron chi connectivity index (χ3n) is 3.16. The van der Waals surface area contributed by atoms with E-state index >= 15 is 0 Å². The van der Waals surface area contributed by atoms with E-state index in [1.54, 1.807) is 7.11 Å². The van der Waals surface area contributed by atoms with Crippen LogP contribution in [-0.2, 0) is 0 Å². The zero-order valence-electron chi connectivity index (χ0n) is 10.2. The maximum atomic E-state index is 12.3. The summed E-state index contributed by atoms with van der Waals surface area (Å²) in [5.74, 6) is 0.781. The van der Waals surface area contributed by atoms with Crippen molar-refractivity contribution in [2.75, 3.05) is 27.2 Å². The zero-order chi connectivity index (χ0) is 12.3. The number of amides is 1. The lowest BCUT2D eigenvalue weighted by atomic mass is 10.1. The molecule has 1 aliphatic heterocycles. The molecule has 0 bridgehead atoms. The molecule has 0 aliphatic carbocycles. The fourth-order valence-corrected chi connectivity index (χ4v) is 2.98. The second-order valence-electron chi connectivity index (χ2n) is 4.20. The van der Waals surface area contributed by atoms with Crippen LogP contribution in [0.3, 0.4) is 0 Å². The minimum Gasteiger partial charge on any atom is -0.495 e. The van der Waals surface area contributed by atoms with Gasteiger partial charge in [-0.2, -0.15) is 0 Å². The van der Waals surface area contributed by atoms with Gasteiger partial charge < -0.3 is 15.0 Å². The highest BCUT2D eigenvalue weighted by Gasteiger charge is 2.26. The molecule has 2 rings (SSSR count). The number of nitrogens with one attached hydrogen (secondary N) is 1. The lowest BCUT2D eigenvalue weighted by molar-refractivity contribution is 0.0700. The Kier molecular flexibility index (Phi) is 4.02. The number of thiophene rings is 1. The van der Waals surface area contributed by atoms with E-state index in [9.17, 15) is 4.79 Å². The first-order valence-electron chi connectivity index (χ1n) is 5.84. The van der Waals surface area contributed by atoms with Crippen LogP contribution in [0.25, 0.3) is 0 Å². The number of rotatable bonds is 3. The number of hydrogen-bond donors (Lipinski definition) is 1. The molecule has 0 aromatic carbocycles. The standard InChI is InChI=1S/C12H18N2O2S/c1-13-9-4-3-6-14(8-9)12(15)11-10(16-2)5-7-17-11/h5,7,9,13H,3-4,6,8H2,1-2H3. The summed E-state index contributed by atoms with van der Waals surface area (Å²) in [6.07, 6.45) is 2.20. The van der Waals surface area contributed by atoms with Gasteiger partial charge in [-0.1, -0.05) is 0 Å². The monoisotopic (exact) mass is 254 g/mol. The summed E-state index contributed by atoms with van der Waals surface area (Å²) in [4.78, 5) is 15.0. The molecule has 1 atom stereocenters. The average molecular weight is 254 g/mol. The van der Waals surface area contributed by atoms with Gasteiger partial charge in [0.25, 0.3) is 5.91 Å². The number of methoxy groups -OCH3 is 1. The highest BCUT2D eigenvalue weighted by atomic mass is 32.1. The number of likely N-dealkylation sites (tertiary alicyclic amines) is 1. The molecule has 1 saturated heterocycles. The Bertz CT molecular complexity index is 392. The minimum atomic E-state index is 0.0943. The summed E-state index contributed by atoms with van der Waals surface area (Å²) in [5, 5.41) is 5.14. The van der Waals surface area contributed by atoms with E-state index in [4.69, 9.17) is 4.74 Å². The molecule has 1 aliphatic rings. The van der Waals surface area contributed by atoms with Crippen LogP contribution in [0, 0.1) is 0 Å². The smallest absolute Gasteiger partial charge is 0.267 e. The predicted molar refractivity (Wildman–Crippen MR) is 68.9 cm³/mol. The summed E-state index contributed by atoms with van der Waals surface area (Å²) >= 11 is 1.45. The summed E-state index contributed by atoms with van der Waals surface area (Å²) in [5.41, 5.74) is 0. The van der Waals surface area contributed by atoms with Crippen molar-refractivity contribution in [2.24, 2.45) is 0 Å². The quantitative estimate of drug-likeness (QED) is 0.890. The molecule has 1 fully saturated rings. The number of likely N-dealkylation sites (N-methyl/N-ethyl adjacent to an activating group) is 1. The number of ether oxygens (including phenoxy) is 1. The average Bonchev–Trinajstić information content (AvgIpc) is 2.86. The Labute approximate surface area is 106 Å². The Hall–Kier alpha value is -1.07. The molecule has 94 valence electrons. The normalized spacial score (nSPS) is 20.4. The fourth-order valence-electron chi connectivity index (χ4n) is 2.16. The van der Waals surface area contributed by atoms with Crippen molar-refractivity contribution in [3.63, 3.8) is 0 Å². The van der Waals surface area contributed by atoms with Gasteiger partial charge in [-0.25, -0.2) is 0 Å². The van der Waals surface area contributed by atoms with E-state index in [2.05, 4.69) is 5.32 Å². The number of nitrogens with zero attached hydrogens (tertiary/aromatic N) is 1. The van der Waals surface area contributed by atoms with Gasteiger partial charge in [0.2, 0.25) is 0 Å². The van der Waals surface area contributed by atoms with Crippen LogP contribution in [0.4, 0.5) is 0 Å². The maximum Gasteiger partial charge on any atom is 0.267 e. The molecule has 0 saturated carbocycles. The number of carbonyl (C=O) groups is 1. The molecule has 1 amide bonds. The van der Waals surface area contributed by atoms with Gasteiger partial charge in [-0.3, -0.25) is 4.79 Å². The Morgan fingerprint density at radius 1 is 1.65 bits per heavy atom. The zero-order valence-corrected chi connectivity index (χ0v) is 11.0. The molecular weight excluding hydrogens is 236 g/mol. The Balaban J connectivity index is 2.09. The van der Waals surface area contributed by atoms with Crippen molar-refractivity contribution in [1.82, 2.24) is 10.2 Å². The summed E-state index contributed by atoms with van der Waals surface area (Å²) in [7, 11) is 3.55. The highest BCUT2D eigenvalue weighted by Crippen LogP contribution is 2.27. The number of carbonyl (C=O) groups excluding carboxylic acids is 1. The molecule has 1 N–H and O–H groups in total. The molecule has 0 spiro atoms. The van der Waals surface area contributed by atoms with Crippen LogP contribution in [-0.4, -0.2) is 44.1 Å². The molecule has 0 radical (unpaired) electrons. The minimum absolute atomic E-state index is 0.0943. The fraction of sp³-hybridized carbons (Fsp3) is 0.583. The van der Waals surface area contributed by atoms with Gasteiger partial charge in [-0.05, 0) is 31.3 Å². The van der Waals surface area contributed by atoms with Crippen molar-refractivity contribution in [3.8, 4) is 5.75 Å². The molecular formula is C12H18N2O2S. The van der Waals surface area contributed by atoms with Crippen LogP contribution in [0.2, 0.25) is 0 Å². The molecule has 1 unspecified atom stereocenters. The van der Waals surface area contributed by atoms with Gasteiger partial charge in [-0.15, -0.1) is 11.3 Å². The number of piperidine rings is 1. The van der Waals surface area contributed by atoms with E-state index in [0.29, 0.717) is 16.7 Å². The van der Waals surface area contributed by atoms with E-state index in [1.807, 2.05) is 23.4 Å². The molecule has 5 heteroatoms. The maximum absolute atomic E-state index is 12.3. The summed E-state index contributed by atoms with van der Waals surface area (Å²) in [6.45, 7) is 1.63. The van der Waals surface area contributed by atoms with Crippen molar-refractivity contribution in [3.05, 3.63) is 16.3 Å². The van der Waals surface area contributed by atoms with Gasteiger partial charge >= 0.3 is 0 Å². The first kappa shape index (κ1) is 12.4. The SMILES string of the molecule is CNC1CCCN(C(=O)c2sccc2OC)C1. The van der Waals surface area contributed by atoms with E-state index < -0.39 is 0 Å². The van der Waals surface area contributed by atoms with Crippen molar-refractivity contribution >= 4 is 17.2 Å². The van der Waals surface area contributed by atoms with Crippen LogP contribution < -0.4 is 10.1 Å². The molecule has 1 aromatic heterocycles. The van der Waals surface area contributed by atoms with Crippen molar-refractivity contribution < 1.29 is 9.53 Å². The van der Waals surface area contributed by atoms with Crippen LogP contribution in [0.15, 0.2) is 11.4 Å². The highest BCUT2D eigenvalue weighted by molar-refractivity contribution is 7.12. The number of hydrogen-bond acceptors (Lipinski definition) is 4. The third-order valence-corrected chi connectivity index (χ3v) is 4.04. The molecule has 1 aromatic rings. The van der Waals surface area contributed by atoms with Crippen LogP contribution in [0.1, 0.15) is 22.5 Å². The topological polar surface area (TPSA) is 41.6 Å². The molecule has 4 nitrogen and oxygen atoms in total. The lowest BCUT2D eigenvalue weighted by Gasteiger charge is -2.32. The summed E-state index contributed by atoms with van der Waals surface area (Å²) < 4.78 is 5.20. The predicted octanol–water partition coefficient (Wildman–Crippen LogP) is 1.58. The van der Waals surface area contributed by atoms with Crippen LogP contribution >= 0.6 is 11.3 Å². The molecule has 17 heavy (non-hydrogen) atoms. The van der Waals surface area contributed by atoms with Crippen LogP contribution in [0.5, 0.6) is 5.75 Å². The second kappa shape index (κ2) is 5.51. The summed E-state index contributed by atoms with van der Waals surface area (Å²) in [6, 6.07) is 2.26. The van der Waals surface area contributed by atoms with Gasteiger partial charge in [0.05, 0.1) is 7.11 Å². The van der Waals surface area contributed by atoms with Gasteiger partial charge in [0, 0.05) is 19.1 Å². The lowest BCUT2D eigenvalue weighted by Crippen LogP contribution is -2.46. The van der Waals surface area contributed by atoms with Gasteiger partial charge in [0.15, 0.2) is 0 Å². The Morgan fingerprint density at radius 3 is 3.18 bits per heavy atom. The van der Waals surface area contributed by atoms with Gasteiger partial charge in [0.1, 0.15) is 10.6 Å². The van der Waals surface area contributed by atoms with Crippen molar-refractivity contribution in [2.45, 2.75) is 18.9 Å². The first-order chi connectivity index (χ1) is 8.26. The second-order valence-corrected chi connectivity index (χ2v) is 5.11. The Morgan fingerprint density at radius 2 is 2.47 bits per heavy atom. The first-order valence-corrected chi connectivity index (χ1v) is 6.72. The third kappa shape index (κ3) is 2.61. The van der Waals surface area contributed by atoms with Crippen molar-refractivity contribution in [1.29, 1.82) is 0 Å². The largest absolute Gasteiger partial charge is 0.495 e. The molecule has 2 heterocycles. The van der Waals surface area contributed by atoms with E-state index in [1.165, 1.54) is 11.3 Å². The van der Waals surface area contributed by atoms with E-state index in [-0.39, 0.29) is 5.91 Å². The van der Waals surface area contributed by atoms with E-state index in [0.717, 1.165) is 25.9 Å².